The molecule has 1 aliphatic rings. The van der Waals surface area contributed by atoms with E-state index >= 15 is 0 Å². The van der Waals surface area contributed by atoms with Gasteiger partial charge in [-0.3, -0.25) is 4.79 Å². The van der Waals surface area contributed by atoms with Crippen molar-refractivity contribution in [2.75, 3.05) is 7.05 Å². The monoisotopic (exact) mass is 304 g/mol. The number of aryl methyl sites for hydroxylation is 3. The number of hydrogen-bond acceptors (Lipinski definition) is 4. The number of hydrogen-bond donors (Lipinski definition) is 0. The lowest BCUT2D eigenvalue weighted by atomic mass is 10.1. The molecule has 5 heteroatoms. The quantitative estimate of drug-likeness (QED) is 0.814. The van der Waals surface area contributed by atoms with Gasteiger partial charge in [-0.25, -0.2) is 0 Å². The zero-order valence-corrected chi connectivity index (χ0v) is 13.3. The first-order valence-electron chi connectivity index (χ1n) is 7.43. The Morgan fingerprint density at radius 2 is 2.14 bits per heavy atom. The normalized spacial score (nSPS) is 14.6. The molecule has 2 aromatic rings. The molecule has 3 rings (SSSR count). The fourth-order valence-corrected chi connectivity index (χ4v) is 4.02. The number of carbonyl (C=O) groups is 1. The van der Waals surface area contributed by atoms with Gasteiger partial charge in [0.2, 0.25) is 0 Å². The molecule has 0 bridgehead atoms. The zero-order valence-electron chi connectivity index (χ0n) is 12.5. The summed E-state index contributed by atoms with van der Waals surface area (Å²) in [5.41, 5.74) is 2.17. The SMILES string of the molecule is Cc1cc(CN(C)C(=O)c2cc3c(s2)CCCCC3)no1. The van der Waals surface area contributed by atoms with Crippen molar-refractivity contribution in [3.8, 4) is 0 Å². The summed E-state index contributed by atoms with van der Waals surface area (Å²) in [6.45, 7) is 2.34. The summed E-state index contributed by atoms with van der Waals surface area (Å²) >= 11 is 1.67. The van der Waals surface area contributed by atoms with E-state index in [1.807, 2.05) is 20.0 Å². The van der Waals surface area contributed by atoms with E-state index in [1.165, 1.54) is 29.7 Å². The highest BCUT2D eigenvalue weighted by Gasteiger charge is 2.19. The summed E-state index contributed by atoms with van der Waals surface area (Å²) in [6.07, 6.45) is 6.03. The van der Waals surface area contributed by atoms with Crippen molar-refractivity contribution in [3.05, 3.63) is 38.9 Å². The fourth-order valence-electron chi connectivity index (χ4n) is 2.77. The predicted octanol–water partition coefficient (Wildman–Crippen LogP) is 3.59. The van der Waals surface area contributed by atoms with Crippen LogP contribution in [0.25, 0.3) is 0 Å². The molecule has 0 saturated heterocycles. The molecule has 0 aromatic carbocycles. The lowest BCUT2D eigenvalue weighted by Crippen LogP contribution is -2.25. The Morgan fingerprint density at radius 1 is 1.33 bits per heavy atom. The van der Waals surface area contributed by atoms with Crippen LogP contribution in [-0.2, 0) is 19.4 Å². The third kappa shape index (κ3) is 3.18. The maximum Gasteiger partial charge on any atom is 0.264 e. The lowest BCUT2D eigenvalue weighted by Gasteiger charge is -2.14. The molecule has 0 atom stereocenters. The number of fused-ring (bicyclic) bond motifs is 1. The van der Waals surface area contributed by atoms with E-state index in [2.05, 4.69) is 11.2 Å². The van der Waals surface area contributed by atoms with Crippen molar-refractivity contribution >= 4 is 17.2 Å². The molecule has 0 saturated carbocycles. The minimum atomic E-state index is 0.0775. The molecule has 0 fully saturated rings. The van der Waals surface area contributed by atoms with Gasteiger partial charge in [0.05, 0.1) is 11.4 Å². The first kappa shape index (κ1) is 14.3. The molecule has 1 amide bonds. The number of nitrogens with zero attached hydrogens (tertiary/aromatic N) is 2. The van der Waals surface area contributed by atoms with Crippen LogP contribution in [0.15, 0.2) is 16.7 Å². The molecule has 112 valence electrons. The number of thiophene rings is 1. The molecular weight excluding hydrogens is 284 g/mol. The summed E-state index contributed by atoms with van der Waals surface area (Å²) in [7, 11) is 1.82. The van der Waals surface area contributed by atoms with Crippen LogP contribution in [0.1, 0.15) is 50.8 Å². The van der Waals surface area contributed by atoms with E-state index in [0.29, 0.717) is 6.54 Å². The van der Waals surface area contributed by atoms with E-state index in [-0.39, 0.29) is 5.91 Å². The Labute approximate surface area is 128 Å². The van der Waals surface area contributed by atoms with Crippen LogP contribution in [0, 0.1) is 6.92 Å². The molecule has 1 aliphatic carbocycles. The van der Waals surface area contributed by atoms with Crippen LogP contribution in [0.2, 0.25) is 0 Å². The van der Waals surface area contributed by atoms with Crippen LogP contribution in [0.3, 0.4) is 0 Å². The molecule has 0 radical (unpaired) electrons. The molecule has 0 aliphatic heterocycles. The third-order valence-corrected chi connectivity index (χ3v) is 5.11. The van der Waals surface area contributed by atoms with Gasteiger partial charge in [0.25, 0.3) is 5.91 Å². The summed E-state index contributed by atoms with van der Waals surface area (Å²) in [4.78, 5) is 16.5. The smallest absolute Gasteiger partial charge is 0.264 e. The number of aromatic nitrogens is 1. The van der Waals surface area contributed by atoms with Crippen molar-refractivity contribution in [1.82, 2.24) is 10.1 Å². The molecule has 2 aromatic heterocycles. The summed E-state index contributed by atoms with van der Waals surface area (Å²) in [5.74, 6) is 0.849. The van der Waals surface area contributed by atoms with Crippen molar-refractivity contribution in [1.29, 1.82) is 0 Å². The Morgan fingerprint density at radius 3 is 2.90 bits per heavy atom. The van der Waals surface area contributed by atoms with Crippen LogP contribution in [0.4, 0.5) is 0 Å². The molecule has 21 heavy (non-hydrogen) atoms. The van der Waals surface area contributed by atoms with Crippen molar-refractivity contribution < 1.29 is 9.32 Å². The van der Waals surface area contributed by atoms with Crippen LogP contribution >= 0.6 is 11.3 Å². The number of amides is 1. The van der Waals surface area contributed by atoms with Crippen LogP contribution < -0.4 is 0 Å². The van der Waals surface area contributed by atoms with Crippen molar-refractivity contribution in [3.63, 3.8) is 0 Å². The molecule has 0 unspecified atom stereocenters. The van der Waals surface area contributed by atoms with Gasteiger partial charge in [-0.05, 0) is 44.2 Å². The van der Waals surface area contributed by atoms with Crippen molar-refractivity contribution in [2.45, 2.75) is 45.6 Å². The second-order valence-corrected chi connectivity index (χ2v) is 6.85. The molecule has 4 nitrogen and oxygen atoms in total. The Kier molecular flexibility index (Phi) is 4.10. The molecule has 0 N–H and O–H groups in total. The van der Waals surface area contributed by atoms with E-state index in [0.717, 1.165) is 29.2 Å². The van der Waals surface area contributed by atoms with Gasteiger partial charge in [0.15, 0.2) is 0 Å². The van der Waals surface area contributed by atoms with Gasteiger partial charge in [-0.2, -0.15) is 0 Å². The maximum atomic E-state index is 12.5. The molecular formula is C16H20N2O2S. The number of rotatable bonds is 3. The highest BCUT2D eigenvalue weighted by Crippen LogP contribution is 2.29. The van der Waals surface area contributed by atoms with Gasteiger partial charge in [-0.15, -0.1) is 11.3 Å². The average molecular weight is 304 g/mol. The number of carbonyl (C=O) groups excluding carboxylic acids is 1. The standard InChI is InChI=1S/C16H20N2O2S/c1-11-8-13(17-20-11)10-18(2)16(19)15-9-12-6-4-3-5-7-14(12)21-15/h8-9H,3-7,10H2,1-2H3. The van der Waals surface area contributed by atoms with Gasteiger partial charge in [0, 0.05) is 18.0 Å². The van der Waals surface area contributed by atoms with Gasteiger partial charge >= 0.3 is 0 Å². The topological polar surface area (TPSA) is 46.3 Å². The highest BCUT2D eigenvalue weighted by atomic mass is 32.1. The van der Waals surface area contributed by atoms with E-state index in [1.54, 1.807) is 16.2 Å². The zero-order chi connectivity index (χ0) is 14.8. The first-order valence-corrected chi connectivity index (χ1v) is 8.24. The second-order valence-electron chi connectivity index (χ2n) is 5.71. The fraction of sp³-hybridized carbons (Fsp3) is 0.500. The van der Waals surface area contributed by atoms with Crippen LogP contribution in [-0.4, -0.2) is 23.0 Å². The third-order valence-electron chi connectivity index (χ3n) is 3.88. The molecule has 0 spiro atoms. The first-order chi connectivity index (χ1) is 10.1. The summed E-state index contributed by atoms with van der Waals surface area (Å²) in [6, 6.07) is 3.96. The Balaban J connectivity index is 1.72. The van der Waals surface area contributed by atoms with Gasteiger partial charge in [-0.1, -0.05) is 11.6 Å². The van der Waals surface area contributed by atoms with Gasteiger partial charge in [0.1, 0.15) is 11.5 Å². The van der Waals surface area contributed by atoms with E-state index < -0.39 is 0 Å². The van der Waals surface area contributed by atoms with Gasteiger partial charge < -0.3 is 9.42 Å². The minimum Gasteiger partial charge on any atom is -0.361 e. The average Bonchev–Trinajstić information content (AvgIpc) is 2.99. The lowest BCUT2D eigenvalue weighted by molar-refractivity contribution is 0.0787. The van der Waals surface area contributed by atoms with Crippen LogP contribution in [0.5, 0.6) is 0 Å². The van der Waals surface area contributed by atoms with Crippen molar-refractivity contribution in [2.24, 2.45) is 0 Å². The molecule has 2 heterocycles. The predicted molar refractivity (Wildman–Crippen MR) is 82.6 cm³/mol. The minimum absolute atomic E-state index is 0.0775. The Bertz CT molecular complexity index is 621. The van der Waals surface area contributed by atoms with E-state index in [4.69, 9.17) is 4.52 Å². The maximum absolute atomic E-state index is 12.5. The van der Waals surface area contributed by atoms with E-state index in [9.17, 15) is 4.79 Å². The second kappa shape index (κ2) is 6.02. The summed E-state index contributed by atoms with van der Waals surface area (Å²) in [5, 5.41) is 3.94. The largest absolute Gasteiger partial charge is 0.361 e. The highest BCUT2D eigenvalue weighted by molar-refractivity contribution is 7.14. The summed E-state index contributed by atoms with van der Waals surface area (Å²) < 4.78 is 5.05. The Hall–Kier alpha value is -1.62.